The second-order valence-electron chi connectivity index (χ2n) is 3.93. The molecule has 0 radical (unpaired) electrons. The van der Waals surface area contributed by atoms with Crippen LogP contribution in [0.25, 0.3) is 0 Å². The fourth-order valence-electron chi connectivity index (χ4n) is 1.63. The number of non-ortho nitro benzene ring substituents is 1. The number of rotatable bonds is 5. The molecule has 0 aliphatic rings. The summed E-state index contributed by atoms with van der Waals surface area (Å²) < 4.78 is 13.3. The molecule has 1 heterocycles. The highest BCUT2D eigenvalue weighted by atomic mass is 19.1. The van der Waals surface area contributed by atoms with Crippen molar-refractivity contribution in [1.82, 2.24) is 4.98 Å². The molecule has 0 aliphatic heterocycles. The molecule has 0 spiro atoms. The first-order valence-electron chi connectivity index (χ1n) is 5.74. The minimum atomic E-state index is -0.439. The summed E-state index contributed by atoms with van der Waals surface area (Å²) in [5.41, 5.74) is 1.00. The molecule has 98 valence electrons. The molecule has 19 heavy (non-hydrogen) atoms. The van der Waals surface area contributed by atoms with Crippen molar-refractivity contribution in [3.63, 3.8) is 0 Å². The van der Waals surface area contributed by atoms with Gasteiger partial charge in [0.15, 0.2) is 11.6 Å². The van der Waals surface area contributed by atoms with Crippen molar-refractivity contribution >= 4 is 11.5 Å². The second kappa shape index (κ2) is 5.90. The lowest BCUT2D eigenvalue weighted by Gasteiger charge is -2.06. The number of hydrogen-bond donors (Lipinski definition) is 1. The van der Waals surface area contributed by atoms with E-state index in [1.807, 2.05) is 0 Å². The summed E-state index contributed by atoms with van der Waals surface area (Å²) in [6.45, 7) is 0.506. The van der Waals surface area contributed by atoms with Crippen LogP contribution in [0, 0.1) is 15.9 Å². The molecular weight excluding hydrogens is 249 g/mol. The molecule has 0 fully saturated rings. The van der Waals surface area contributed by atoms with Crippen LogP contribution < -0.4 is 5.32 Å². The molecule has 0 aliphatic carbocycles. The van der Waals surface area contributed by atoms with Crippen LogP contribution in [0.2, 0.25) is 0 Å². The van der Waals surface area contributed by atoms with Gasteiger partial charge in [-0.1, -0.05) is 12.1 Å². The topological polar surface area (TPSA) is 68.1 Å². The fraction of sp³-hybridized carbons (Fsp3) is 0.154. The van der Waals surface area contributed by atoms with E-state index in [4.69, 9.17) is 0 Å². The van der Waals surface area contributed by atoms with Gasteiger partial charge < -0.3 is 5.32 Å². The Morgan fingerprint density at radius 2 is 2.00 bits per heavy atom. The molecule has 0 atom stereocenters. The van der Waals surface area contributed by atoms with Gasteiger partial charge in [0.25, 0.3) is 5.69 Å². The third-order valence-electron chi connectivity index (χ3n) is 2.61. The molecule has 0 saturated heterocycles. The Balaban J connectivity index is 1.89. The summed E-state index contributed by atoms with van der Waals surface area (Å²) in [5.74, 6) is -0.185. The molecule has 2 rings (SSSR count). The maximum atomic E-state index is 13.3. The number of benzene rings is 1. The molecule has 5 nitrogen and oxygen atoms in total. The highest BCUT2D eigenvalue weighted by Gasteiger charge is 2.04. The monoisotopic (exact) mass is 261 g/mol. The smallest absolute Gasteiger partial charge is 0.269 e. The number of anilines is 1. The van der Waals surface area contributed by atoms with Crippen LogP contribution in [-0.4, -0.2) is 16.5 Å². The predicted octanol–water partition coefficient (Wildman–Crippen LogP) is 2.78. The minimum Gasteiger partial charge on any atom is -0.367 e. The van der Waals surface area contributed by atoms with Gasteiger partial charge in [-0.3, -0.25) is 10.1 Å². The van der Waals surface area contributed by atoms with Gasteiger partial charge in [0.05, 0.1) is 4.92 Å². The van der Waals surface area contributed by atoms with Crippen molar-refractivity contribution in [2.75, 3.05) is 11.9 Å². The average Bonchev–Trinajstić information content (AvgIpc) is 2.41. The zero-order chi connectivity index (χ0) is 13.7. The summed E-state index contributed by atoms with van der Waals surface area (Å²) in [6, 6.07) is 9.15. The predicted molar refractivity (Wildman–Crippen MR) is 69.5 cm³/mol. The maximum Gasteiger partial charge on any atom is 0.269 e. The summed E-state index contributed by atoms with van der Waals surface area (Å²) in [6.07, 6.45) is 2.14. The Labute approximate surface area is 109 Å². The van der Waals surface area contributed by atoms with Crippen LogP contribution in [0.15, 0.2) is 42.6 Å². The van der Waals surface area contributed by atoms with Gasteiger partial charge in [-0.25, -0.2) is 9.37 Å². The lowest BCUT2D eigenvalue weighted by molar-refractivity contribution is -0.384. The molecule has 1 aromatic heterocycles. The lowest BCUT2D eigenvalue weighted by Crippen LogP contribution is -2.07. The number of nitrogens with one attached hydrogen (secondary N) is 1. The van der Waals surface area contributed by atoms with Gasteiger partial charge in [0, 0.05) is 24.9 Å². The molecule has 1 N–H and O–H groups in total. The Morgan fingerprint density at radius 1 is 1.26 bits per heavy atom. The van der Waals surface area contributed by atoms with E-state index in [-0.39, 0.29) is 11.5 Å². The van der Waals surface area contributed by atoms with Crippen molar-refractivity contribution in [3.8, 4) is 0 Å². The van der Waals surface area contributed by atoms with Crippen molar-refractivity contribution in [3.05, 3.63) is 64.1 Å². The molecule has 1 aromatic carbocycles. The fourth-order valence-corrected chi connectivity index (χ4v) is 1.63. The van der Waals surface area contributed by atoms with E-state index >= 15 is 0 Å². The Kier molecular flexibility index (Phi) is 4.02. The van der Waals surface area contributed by atoms with Crippen molar-refractivity contribution in [2.45, 2.75) is 6.42 Å². The second-order valence-corrected chi connectivity index (χ2v) is 3.93. The molecule has 0 saturated carbocycles. The van der Waals surface area contributed by atoms with Crippen LogP contribution in [0.3, 0.4) is 0 Å². The molecular formula is C13H12FN3O2. The summed E-state index contributed by atoms with van der Waals surface area (Å²) in [7, 11) is 0. The van der Waals surface area contributed by atoms with Crippen LogP contribution in [0.1, 0.15) is 5.56 Å². The third-order valence-corrected chi connectivity index (χ3v) is 2.61. The van der Waals surface area contributed by atoms with Crippen LogP contribution >= 0.6 is 0 Å². The third kappa shape index (κ3) is 3.48. The zero-order valence-electron chi connectivity index (χ0n) is 10.0. The van der Waals surface area contributed by atoms with Gasteiger partial charge in [-0.05, 0) is 24.1 Å². The van der Waals surface area contributed by atoms with Crippen molar-refractivity contribution in [2.24, 2.45) is 0 Å². The van der Waals surface area contributed by atoms with Crippen molar-refractivity contribution < 1.29 is 9.31 Å². The number of halogens is 1. The summed E-state index contributed by atoms with van der Waals surface area (Å²) >= 11 is 0. The molecule has 0 unspecified atom stereocenters. The Hall–Kier alpha value is -2.50. The summed E-state index contributed by atoms with van der Waals surface area (Å²) in [5, 5.41) is 13.4. The highest BCUT2D eigenvalue weighted by molar-refractivity contribution is 5.36. The highest BCUT2D eigenvalue weighted by Crippen LogP contribution is 2.13. The zero-order valence-corrected chi connectivity index (χ0v) is 10.0. The van der Waals surface area contributed by atoms with Crippen LogP contribution in [0.5, 0.6) is 0 Å². The van der Waals surface area contributed by atoms with E-state index < -0.39 is 10.7 Å². The minimum absolute atomic E-state index is 0.0625. The standard InChI is InChI=1S/C13H12FN3O2/c14-12-2-1-8-15-13(12)16-9-7-10-3-5-11(6-4-10)17(18)19/h1-6,8H,7,9H2,(H,15,16). The lowest BCUT2D eigenvalue weighted by atomic mass is 10.1. The number of nitro groups is 1. The largest absolute Gasteiger partial charge is 0.367 e. The van der Waals surface area contributed by atoms with Gasteiger partial charge in [-0.15, -0.1) is 0 Å². The normalized spacial score (nSPS) is 10.2. The number of aromatic nitrogens is 1. The average molecular weight is 261 g/mol. The van der Waals surface area contributed by atoms with Gasteiger partial charge in [0.2, 0.25) is 0 Å². The molecule has 2 aromatic rings. The Morgan fingerprint density at radius 3 is 2.63 bits per heavy atom. The van der Waals surface area contributed by atoms with Gasteiger partial charge in [0.1, 0.15) is 0 Å². The number of pyridine rings is 1. The first-order valence-corrected chi connectivity index (χ1v) is 5.74. The summed E-state index contributed by atoms with van der Waals surface area (Å²) in [4.78, 5) is 13.9. The van der Waals surface area contributed by atoms with Crippen molar-refractivity contribution in [1.29, 1.82) is 0 Å². The molecule has 6 heteroatoms. The first kappa shape index (κ1) is 12.9. The molecule has 0 bridgehead atoms. The molecule has 0 amide bonds. The SMILES string of the molecule is O=[N+]([O-])c1ccc(CCNc2ncccc2F)cc1. The van der Waals surface area contributed by atoms with E-state index in [1.165, 1.54) is 30.5 Å². The number of nitrogens with zero attached hydrogens (tertiary/aromatic N) is 2. The van der Waals surface area contributed by atoms with Crippen LogP contribution in [-0.2, 0) is 6.42 Å². The first-order chi connectivity index (χ1) is 9.16. The van der Waals surface area contributed by atoms with E-state index in [0.29, 0.717) is 13.0 Å². The quantitative estimate of drug-likeness (QED) is 0.663. The van der Waals surface area contributed by atoms with E-state index in [2.05, 4.69) is 10.3 Å². The Bertz CT molecular complexity index is 572. The maximum absolute atomic E-state index is 13.3. The van der Waals surface area contributed by atoms with E-state index in [1.54, 1.807) is 12.1 Å². The number of nitro benzene ring substituents is 1. The number of hydrogen-bond acceptors (Lipinski definition) is 4. The van der Waals surface area contributed by atoms with Gasteiger partial charge in [-0.2, -0.15) is 0 Å². The van der Waals surface area contributed by atoms with Crippen LogP contribution in [0.4, 0.5) is 15.9 Å². The van der Waals surface area contributed by atoms with E-state index in [0.717, 1.165) is 5.56 Å². The van der Waals surface area contributed by atoms with E-state index in [9.17, 15) is 14.5 Å². The van der Waals surface area contributed by atoms with Gasteiger partial charge >= 0.3 is 0 Å².